The quantitative estimate of drug-likeness (QED) is 0.903. The number of amides is 1. The lowest BCUT2D eigenvalue weighted by atomic mass is 9.90. The van der Waals surface area contributed by atoms with Crippen molar-refractivity contribution in [3.63, 3.8) is 0 Å². The highest BCUT2D eigenvalue weighted by Crippen LogP contribution is 2.31. The molecule has 2 rings (SSSR count). The number of carboxylic acid groups (broad SMARTS) is 1. The molecular formula is C12H13BrN2O3. The van der Waals surface area contributed by atoms with Gasteiger partial charge in [-0.2, -0.15) is 0 Å². The first-order valence-corrected chi connectivity index (χ1v) is 6.36. The van der Waals surface area contributed by atoms with E-state index in [4.69, 9.17) is 5.11 Å². The number of hydrogen-bond donors (Lipinski definition) is 1. The predicted molar refractivity (Wildman–Crippen MR) is 68.2 cm³/mol. The average molecular weight is 313 g/mol. The molecule has 6 heteroatoms. The number of hydrogen-bond acceptors (Lipinski definition) is 3. The maximum atomic E-state index is 12.2. The SMILES string of the molecule is CC1(C(=O)O)CCN(C(=O)c2ncccc2Br)C1. The van der Waals surface area contributed by atoms with Crippen LogP contribution in [0.4, 0.5) is 0 Å². The summed E-state index contributed by atoms with van der Waals surface area (Å²) in [6.07, 6.45) is 2.02. The maximum absolute atomic E-state index is 12.2. The molecule has 1 aromatic heterocycles. The molecule has 96 valence electrons. The fraction of sp³-hybridized carbons (Fsp3) is 0.417. The number of carbonyl (C=O) groups is 2. The van der Waals surface area contributed by atoms with Crippen molar-refractivity contribution >= 4 is 27.8 Å². The highest BCUT2D eigenvalue weighted by Gasteiger charge is 2.42. The molecule has 1 fully saturated rings. The van der Waals surface area contributed by atoms with Crippen LogP contribution in [0, 0.1) is 5.41 Å². The van der Waals surface area contributed by atoms with Gasteiger partial charge in [0.2, 0.25) is 0 Å². The molecule has 0 saturated carbocycles. The molecule has 1 aliphatic heterocycles. The number of aliphatic carboxylic acids is 1. The second-order valence-corrected chi connectivity index (χ2v) is 5.53. The van der Waals surface area contributed by atoms with Gasteiger partial charge in [0.15, 0.2) is 0 Å². The molecular weight excluding hydrogens is 300 g/mol. The van der Waals surface area contributed by atoms with E-state index >= 15 is 0 Å². The van der Waals surface area contributed by atoms with Crippen LogP contribution in [0.2, 0.25) is 0 Å². The molecule has 2 heterocycles. The van der Waals surface area contributed by atoms with Gasteiger partial charge >= 0.3 is 5.97 Å². The van der Waals surface area contributed by atoms with Crippen molar-refractivity contribution in [1.82, 2.24) is 9.88 Å². The van der Waals surface area contributed by atoms with Gasteiger partial charge in [-0.15, -0.1) is 0 Å². The van der Waals surface area contributed by atoms with Gasteiger partial charge in [-0.1, -0.05) is 0 Å². The number of nitrogens with zero attached hydrogens (tertiary/aromatic N) is 2. The van der Waals surface area contributed by atoms with Crippen LogP contribution in [0.5, 0.6) is 0 Å². The zero-order valence-corrected chi connectivity index (χ0v) is 11.5. The highest BCUT2D eigenvalue weighted by molar-refractivity contribution is 9.10. The van der Waals surface area contributed by atoms with Gasteiger partial charge in [-0.25, -0.2) is 4.98 Å². The molecule has 1 unspecified atom stereocenters. The smallest absolute Gasteiger partial charge is 0.311 e. The second kappa shape index (κ2) is 4.68. The molecule has 0 aromatic carbocycles. The first-order chi connectivity index (χ1) is 8.44. The van der Waals surface area contributed by atoms with E-state index < -0.39 is 11.4 Å². The van der Waals surface area contributed by atoms with Gasteiger partial charge in [0.1, 0.15) is 5.69 Å². The Morgan fingerprint density at radius 3 is 2.83 bits per heavy atom. The third kappa shape index (κ3) is 2.25. The Bertz CT molecular complexity index is 506. The van der Waals surface area contributed by atoms with E-state index in [1.807, 2.05) is 0 Å². The maximum Gasteiger partial charge on any atom is 0.311 e. The van der Waals surface area contributed by atoms with Crippen LogP contribution in [-0.2, 0) is 4.79 Å². The van der Waals surface area contributed by atoms with Crippen LogP contribution in [0.3, 0.4) is 0 Å². The number of pyridine rings is 1. The summed E-state index contributed by atoms with van der Waals surface area (Å²) in [5, 5.41) is 9.13. The van der Waals surface area contributed by atoms with E-state index in [0.717, 1.165) is 0 Å². The van der Waals surface area contributed by atoms with E-state index in [9.17, 15) is 9.59 Å². The van der Waals surface area contributed by atoms with Crippen LogP contribution in [-0.4, -0.2) is 40.0 Å². The zero-order valence-electron chi connectivity index (χ0n) is 9.89. The summed E-state index contributed by atoms with van der Waals surface area (Å²) in [4.78, 5) is 28.9. The number of rotatable bonds is 2. The summed E-state index contributed by atoms with van der Waals surface area (Å²) in [6.45, 7) is 2.34. The van der Waals surface area contributed by atoms with Crippen LogP contribution in [0.1, 0.15) is 23.8 Å². The first-order valence-electron chi connectivity index (χ1n) is 5.57. The van der Waals surface area contributed by atoms with Crippen molar-refractivity contribution in [2.24, 2.45) is 5.41 Å². The Balaban J connectivity index is 2.18. The molecule has 0 bridgehead atoms. The summed E-state index contributed by atoms with van der Waals surface area (Å²) in [5.41, 5.74) is -0.524. The summed E-state index contributed by atoms with van der Waals surface area (Å²) >= 11 is 3.28. The summed E-state index contributed by atoms with van der Waals surface area (Å²) in [6, 6.07) is 3.47. The number of carbonyl (C=O) groups excluding carboxylic acids is 1. The lowest BCUT2D eigenvalue weighted by molar-refractivity contribution is -0.147. The van der Waals surface area contributed by atoms with Crippen molar-refractivity contribution in [3.05, 3.63) is 28.5 Å². The second-order valence-electron chi connectivity index (χ2n) is 4.68. The van der Waals surface area contributed by atoms with Gasteiger partial charge in [0, 0.05) is 23.8 Å². The van der Waals surface area contributed by atoms with E-state index in [1.54, 1.807) is 30.2 Å². The lowest BCUT2D eigenvalue weighted by Gasteiger charge is -2.20. The van der Waals surface area contributed by atoms with E-state index in [1.165, 1.54) is 0 Å². The molecule has 1 aromatic rings. The minimum Gasteiger partial charge on any atom is -0.481 e. The van der Waals surface area contributed by atoms with Crippen molar-refractivity contribution in [2.45, 2.75) is 13.3 Å². The Hall–Kier alpha value is -1.43. The van der Waals surface area contributed by atoms with Crippen LogP contribution in [0.25, 0.3) is 0 Å². The Kier molecular flexibility index (Phi) is 3.38. The van der Waals surface area contributed by atoms with Crippen LogP contribution in [0.15, 0.2) is 22.8 Å². The Labute approximate surface area is 113 Å². The third-order valence-corrected chi connectivity index (χ3v) is 3.88. The topological polar surface area (TPSA) is 70.5 Å². The highest BCUT2D eigenvalue weighted by atomic mass is 79.9. The molecule has 5 nitrogen and oxygen atoms in total. The van der Waals surface area contributed by atoms with Gasteiger partial charge in [0.05, 0.1) is 5.41 Å². The minimum atomic E-state index is -0.863. The van der Waals surface area contributed by atoms with Gasteiger partial charge in [0.25, 0.3) is 5.91 Å². The summed E-state index contributed by atoms with van der Waals surface area (Å²) < 4.78 is 0.624. The molecule has 0 aliphatic carbocycles. The molecule has 18 heavy (non-hydrogen) atoms. The molecule has 1 saturated heterocycles. The molecule has 1 N–H and O–H groups in total. The zero-order chi connectivity index (χ0) is 13.3. The predicted octanol–water partition coefficient (Wildman–Crippen LogP) is 1.78. The van der Waals surface area contributed by atoms with Gasteiger partial charge in [-0.05, 0) is 41.4 Å². The lowest BCUT2D eigenvalue weighted by Crippen LogP contribution is -2.35. The van der Waals surface area contributed by atoms with Crippen LogP contribution >= 0.6 is 15.9 Å². The number of likely N-dealkylation sites (tertiary alicyclic amines) is 1. The fourth-order valence-electron chi connectivity index (χ4n) is 2.00. The average Bonchev–Trinajstić information content (AvgIpc) is 2.73. The fourth-order valence-corrected chi connectivity index (χ4v) is 2.43. The van der Waals surface area contributed by atoms with Crippen molar-refractivity contribution < 1.29 is 14.7 Å². The number of aromatic nitrogens is 1. The van der Waals surface area contributed by atoms with Crippen LogP contribution < -0.4 is 0 Å². The summed E-state index contributed by atoms with van der Waals surface area (Å²) in [5.74, 6) is -1.09. The number of carboxylic acids is 1. The van der Waals surface area contributed by atoms with Gasteiger partial charge < -0.3 is 10.0 Å². The Morgan fingerprint density at radius 1 is 1.56 bits per heavy atom. The standard InChI is InChI=1S/C12H13BrN2O3/c1-12(11(17)18)4-6-15(7-12)10(16)9-8(13)3-2-5-14-9/h2-3,5H,4,6-7H2,1H3,(H,17,18). The molecule has 0 spiro atoms. The third-order valence-electron chi connectivity index (χ3n) is 3.24. The van der Waals surface area contributed by atoms with Crippen molar-refractivity contribution in [2.75, 3.05) is 13.1 Å². The largest absolute Gasteiger partial charge is 0.481 e. The van der Waals surface area contributed by atoms with Crippen molar-refractivity contribution in [3.8, 4) is 0 Å². The molecule has 1 atom stereocenters. The Morgan fingerprint density at radius 2 is 2.28 bits per heavy atom. The molecule has 0 radical (unpaired) electrons. The molecule has 1 aliphatic rings. The minimum absolute atomic E-state index is 0.226. The van der Waals surface area contributed by atoms with E-state index in [2.05, 4.69) is 20.9 Å². The van der Waals surface area contributed by atoms with Gasteiger partial charge in [-0.3, -0.25) is 9.59 Å². The van der Waals surface area contributed by atoms with E-state index in [0.29, 0.717) is 23.1 Å². The van der Waals surface area contributed by atoms with E-state index in [-0.39, 0.29) is 12.5 Å². The number of halogens is 1. The molecule has 1 amide bonds. The van der Waals surface area contributed by atoms with Crippen molar-refractivity contribution in [1.29, 1.82) is 0 Å². The monoisotopic (exact) mass is 312 g/mol. The summed E-state index contributed by atoms with van der Waals surface area (Å²) in [7, 11) is 0. The first kappa shape index (κ1) is 13.0. The normalized spacial score (nSPS) is 23.1.